The maximum atomic E-state index is 5.89. The van der Waals surface area contributed by atoms with E-state index in [4.69, 9.17) is 16.0 Å². The Labute approximate surface area is 113 Å². The Bertz CT molecular complexity index is 428. The fraction of sp³-hybridized carbons (Fsp3) is 0.462. The summed E-state index contributed by atoms with van der Waals surface area (Å²) < 4.78 is 5.45. The summed E-state index contributed by atoms with van der Waals surface area (Å²) in [6.07, 6.45) is 6.63. The first-order valence-electron chi connectivity index (χ1n) is 5.66. The molecule has 0 spiro atoms. The molecule has 4 heteroatoms. The summed E-state index contributed by atoms with van der Waals surface area (Å²) in [4.78, 5) is 4.13. The number of aryl methyl sites for hydroxylation is 1. The molecule has 0 aliphatic carbocycles. The van der Waals surface area contributed by atoms with Crippen molar-refractivity contribution in [2.24, 2.45) is 0 Å². The average molecular weight is 274 g/mol. The molecule has 2 heterocycles. The summed E-state index contributed by atoms with van der Waals surface area (Å²) >= 11 is 7.64. The van der Waals surface area contributed by atoms with Gasteiger partial charge in [-0.2, -0.15) is 11.8 Å². The van der Waals surface area contributed by atoms with E-state index in [9.17, 15) is 0 Å². The van der Waals surface area contributed by atoms with Crippen molar-refractivity contribution in [1.82, 2.24) is 4.98 Å². The van der Waals surface area contributed by atoms with Crippen LogP contribution in [0.2, 0.25) is 5.02 Å². The van der Waals surface area contributed by atoms with Gasteiger partial charge >= 0.3 is 0 Å². The molecule has 2 aromatic rings. The first kappa shape index (κ1) is 16.3. The molecule has 2 nitrogen and oxygen atoms in total. The van der Waals surface area contributed by atoms with E-state index >= 15 is 0 Å². The van der Waals surface area contributed by atoms with Crippen LogP contribution in [-0.4, -0.2) is 17.5 Å². The zero-order valence-electron chi connectivity index (χ0n) is 11.1. The number of hydrogen-bond acceptors (Lipinski definition) is 3. The molecule has 0 atom stereocenters. The Morgan fingerprint density at radius 2 is 1.94 bits per heavy atom. The maximum absolute atomic E-state index is 5.89. The highest BCUT2D eigenvalue weighted by Gasteiger charge is 2.05. The molecular formula is C13H20ClNOS. The molecule has 0 aromatic carbocycles. The van der Waals surface area contributed by atoms with Crippen LogP contribution in [0.25, 0.3) is 11.1 Å². The molecule has 0 aliphatic heterocycles. The highest BCUT2D eigenvalue weighted by molar-refractivity contribution is 7.97. The first-order valence-corrected chi connectivity index (χ1v) is 7.67. The highest BCUT2D eigenvalue weighted by atomic mass is 35.5. The van der Waals surface area contributed by atoms with Crippen molar-refractivity contribution in [2.75, 3.05) is 12.5 Å². The van der Waals surface area contributed by atoms with Crippen molar-refractivity contribution in [3.63, 3.8) is 0 Å². The van der Waals surface area contributed by atoms with Crippen molar-refractivity contribution in [2.45, 2.75) is 27.2 Å². The van der Waals surface area contributed by atoms with Crippen molar-refractivity contribution in [3.05, 3.63) is 29.1 Å². The quantitative estimate of drug-likeness (QED) is 0.727. The van der Waals surface area contributed by atoms with Crippen LogP contribution in [0, 0.1) is 0 Å². The van der Waals surface area contributed by atoms with Crippen LogP contribution in [0.5, 0.6) is 0 Å². The van der Waals surface area contributed by atoms with E-state index in [0.717, 1.165) is 17.7 Å². The third-order valence-electron chi connectivity index (χ3n) is 1.76. The molecule has 0 unspecified atom stereocenters. The van der Waals surface area contributed by atoms with E-state index in [0.29, 0.717) is 10.6 Å². The molecule has 2 rings (SSSR count). The number of furan rings is 1. The van der Waals surface area contributed by atoms with Crippen LogP contribution in [0.3, 0.4) is 0 Å². The van der Waals surface area contributed by atoms with Gasteiger partial charge in [-0.05, 0) is 18.6 Å². The maximum Gasteiger partial charge on any atom is 0.171 e. The minimum atomic E-state index is 0.625. The molecule has 17 heavy (non-hydrogen) atoms. The Balaban J connectivity index is 0.000000450. The van der Waals surface area contributed by atoms with E-state index in [-0.39, 0.29) is 0 Å². The standard InChI is InChI=1S/C9H8ClNO.C2H6S.C2H6/c1-2-6-5-8-9(12-6)7(10)3-4-11-8;1-3-2;1-2/h3-5H,2H2,1H3;1-2H3;1-2H3. The van der Waals surface area contributed by atoms with E-state index < -0.39 is 0 Å². The van der Waals surface area contributed by atoms with E-state index in [1.165, 1.54) is 0 Å². The molecule has 0 saturated heterocycles. The second-order valence-corrected chi connectivity index (χ2v) is 4.21. The number of pyridine rings is 1. The minimum absolute atomic E-state index is 0.625. The Kier molecular flexibility index (Phi) is 9.00. The van der Waals surface area contributed by atoms with Gasteiger partial charge in [-0.25, -0.2) is 0 Å². The van der Waals surface area contributed by atoms with Gasteiger partial charge in [-0.1, -0.05) is 32.4 Å². The number of fused-ring (bicyclic) bond motifs is 1. The molecular weight excluding hydrogens is 254 g/mol. The van der Waals surface area contributed by atoms with Gasteiger partial charge < -0.3 is 4.42 Å². The smallest absolute Gasteiger partial charge is 0.171 e. The predicted octanol–water partition coefficient (Wildman–Crippen LogP) is 5.05. The van der Waals surface area contributed by atoms with Crippen molar-refractivity contribution in [3.8, 4) is 0 Å². The fourth-order valence-electron chi connectivity index (χ4n) is 1.13. The highest BCUT2D eigenvalue weighted by Crippen LogP contribution is 2.24. The van der Waals surface area contributed by atoms with Crippen LogP contribution in [0.15, 0.2) is 22.7 Å². The molecule has 0 N–H and O–H groups in total. The Hall–Kier alpha value is -0.670. The van der Waals surface area contributed by atoms with E-state index in [1.54, 1.807) is 24.0 Å². The Morgan fingerprint density at radius 1 is 1.35 bits per heavy atom. The van der Waals surface area contributed by atoms with Gasteiger partial charge in [0, 0.05) is 18.7 Å². The van der Waals surface area contributed by atoms with Crippen molar-refractivity contribution >= 4 is 34.5 Å². The number of hydrogen-bond donors (Lipinski definition) is 0. The lowest BCUT2D eigenvalue weighted by Gasteiger charge is -1.88. The number of aromatic nitrogens is 1. The molecule has 2 aromatic heterocycles. The van der Waals surface area contributed by atoms with Crippen molar-refractivity contribution < 1.29 is 4.42 Å². The second kappa shape index (κ2) is 9.37. The van der Waals surface area contributed by atoms with Crippen LogP contribution < -0.4 is 0 Å². The van der Waals surface area contributed by atoms with Gasteiger partial charge in [0.2, 0.25) is 0 Å². The van der Waals surface area contributed by atoms with E-state index in [1.807, 2.05) is 39.3 Å². The zero-order chi connectivity index (χ0) is 13.3. The molecule has 0 radical (unpaired) electrons. The summed E-state index contributed by atoms with van der Waals surface area (Å²) in [7, 11) is 0. The topological polar surface area (TPSA) is 26.0 Å². The molecule has 0 fully saturated rings. The summed E-state index contributed by atoms with van der Waals surface area (Å²) in [5.74, 6) is 0.922. The first-order chi connectivity index (χ1) is 8.22. The molecule has 0 bridgehead atoms. The lowest BCUT2D eigenvalue weighted by atomic mass is 10.3. The van der Waals surface area contributed by atoms with Crippen LogP contribution >= 0.6 is 23.4 Å². The third kappa shape index (κ3) is 5.00. The van der Waals surface area contributed by atoms with E-state index in [2.05, 4.69) is 4.98 Å². The second-order valence-electron chi connectivity index (χ2n) is 2.98. The van der Waals surface area contributed by atoms with Gasteiger partial charge in [-0.15, -0.1) is 0 Å². The van der Waals surface area contributed by atoms with Gasteiger partial charge in [0.25, 0.3) is 0 Å². The molecule has 0 aliphatic rings. The largest absolute Gasteiger partial charge is 0.458 e. The Morgan fingerprint density at radius 3 is 2.41 bits per heavy atom. The monoisotopic (exact) mass is 273 g/mol. The third-order valence-corrected chi connectivity index (χ3v) is 2.06. The van der Waals surface area contributed by atoms with Gasteiger partial charge in [0.05, 0.1) is 5.02 Å². The van der Waals surface area contributed by atoms with Gasteiger partial charge in [0.15, 0.2) is 5.58 Å². The van der Waals surface area contributed by atoms with Crippen LogP contribution in [0.1, 0.15) is 26.5 Å². The van der Waals surface area contributed by atoms with Crippen LogP contribution in [-0.2, 0) is 6.42 Å². The summed E-state index contributed by atoms with van der Waals surface area (Å²) in [5, 5.41) is 0.625. The number of thioether (sulfide) groups is 1. The normalized spacial score (nSPS) is 9.06. The lowest BCUT2D eigenvalue weighted by Crippen LogP contribution is -1.70. The molecule has 96 valence electrons. The lowest BCUT2D eigenvalue weighted by molar-refractivity contribution is 0.557. The predicted molar refractivity (Wildman–Crippen MR) is 79.2 cm³/mol. The van der Waals surface area contributed by atoms with Crippen LogP contribution in [0.4, 0.5) is 0 Å². The number of halogens is 1. The number of rotatable bonds is 1. The fourth-order valence-corrected chi connectivity index (χ4v) is 1.32. The van der Waals surface area contributed by atoms with Gasteiger partial charge in [-0.3, -0.25) is 4.98 Å². The minimum Gasteiger partial charge on any atom is -0.458 e. The summed E-state index contributed by atoms with van der Waals surface area (Å²) in [6.45, 7) is 6.03. The zero-order valence-corrected chi connectivity index (χ0v) is 12.7. The summed E-state index contributed by atoms with van der Waals surface area (Å²) in [6, 6.07) is 3.65. The molecule has 0 amide bonds. The molecule has 0 saturated carbocycles. The number of nitrogens with zero attached hydrogens (tertiary/aromatic N) is 1. The van der Waals surface area contributed by atoms with Gasteiger partial charge in [0.1, 0.15) is 11.3 Å². The average Bonchev–Trinajstić information content (AvgIpc) is 2.77. The van der Waals surface area contributed by atoms with Crippen molar-refractivity contribution in [1.29, 1.82) is 0 Å². The summed E-state index contributed by atoms with van der Waals surface area (Å²) in [5.41, 5.74) is 1.52. The SMILES string of the molecule is CC.CCc1cc2nccc(Cl)c2o1.CSC.